The van der Waals surface area contributed by atoms with Gasteiger partial charge in [-0.1, -0.05) is 0 Å². The summed E-state index contributed by atoms with van der Waals surface area (Å²) in [5, 5.41) is 6.24. The summed E-state index contributed by atoms with van der Waals surface area (Å²) in [5.74, 6) is 3.29. The van der Waals surface area contributed by atoms with Crippen molar-refractivity contribution in [3.63, 3.8) is 0 Å². The second-order valence-corrected chi connectivity index (χ2v) is 8.02. The van der Waals surface area contributed by atoms with Crippen molar-refractivity contribution in [3.05, 3.63) is 24.3 Å². The van der Waals surface area contributed by atoms with Crippen LogP contribution < -0.4 is 15.4 Å². The number of thioether (sulfide) groups is 1. The normalized spacial score (nSPS) is 18.0. The number of anilines is 1. The summed E-state index contributed by atoms with van der Waals surface area (Å²) in [6.45, 7) is 7.00. The first-order valence-electron chi connectivity index (χ1n) is 8.46. The van der Waals surface area contributed by atoms with E-state index in [-0.39, 0.29) is 0 Å². The van der Waals surface area contributed by atoms with E-state index in [1.54, 1.807) is 0 Å². The molecule has 1 aliphatic rings. The fourth-order valence-corrected chi connectivity index (χ4v) is 3.50. The predicted molar refractivity (Wildman–Crippen MR) is 100 cm³/mol. The van der Waals surface area contributed by atoms with Gasteiger partial charge in [-0.3, -0.25) is 5.32 Å². The van der Waals surface area contributed by atoms with Crippen LogP contribution in [0.3, 0.4) is 0 Å². The van der Waals surface area contributed by atoms with Crippen LogP contribution in [-0.4, -0.2) is 42.4 Å². The van der Waals surface area contributed by atoms with Gasteiger partial charge < -0.3 is 14.8 Å². The molecule has 6 heteroatoms. The lowest BCUT2D eigenvalue weighted by Crippen LogP contribution is -2.36. The van der Waals surface area contributed by atoms with E-state index >= 15 is 0 Å². The van der Waals surface area contributed by atoms with E-state index in [4.69, 9.17) is 9.47 Å². The van der Waals surface area contributed by atoms with Crippen LogP contribution in [-0.2, 0) is 4.74 Å². The molecule has 1 heterocycles. The van der Waals surface area contributed by atoms with Crippen molar-refractivity contribution >= 4 is 23.5 Å². The molecule has 2 rings (SSSR count). The van der Waals surface area contributed by atoms with E-state index in [1.165, 1.54) is 24.3 Å². The Morgan fingerprint density at radius 3 is 2.67 bits per heavy atom. The molecule has 24 heavy (non-hydrogen) atoms. The standard InChI is InChI=1S/C18H28N2O3S/c1-18(2,3)23-17(21)20-14-6-8-16(9-7-14)22-11-10-19-15-5-4-12-24-13-15/h6-9,15,19H,4-5,10-13H2,1-3H3,(H,20,21). The third-order valence-corrected chi connectivity index (χ3v) is 4.68. The summed E-state index contributed by atoms with van der Waals surface area (Å²) in [6, 6.07) is 7.94. The van der Waals surface area contributed by atoms with Crippen LogP contribution in [0.5, 0.6) is 5.75 Å². The second kappa shape index (κ2) is 9.18. The van der Waals surface area contributed by atoms with Crippen LogP contribution in [0, 0.1) is 0 Å². The first-order valence-corrected chi connectivity index (χ1v) is 9.62. The van der Waals surface area contributed by atoms with Crippen molar-refractivity contribution in [3.8, 4) is 5.75 Å². The topological polar surface area (TPSA) is 59.6 Å². The molecule has 1 amide bonds. The van der Waals surface area contributed by atoms with Gasteiger partial charge in [0.2, 0.25) is 0 Å². The summed E-state index contributed by atoms with van der Waals surface area (Å²) < 4.78 is 10.9. The predicted octanol–water partition coefficient (Wildman–Crippen LogP) is 3.90. The lowest BCUT2D eigenvalue weighted by atomic mass is 10.2. The van der Waals surface area contributed by atoms with Crippen LogP contribution >= 0.6 is 11.8 Å². The van der Waals surface area contributed by atoms with Crippen LogP contribution in [0.2, 0.25) is 0 Å². The van der Waals surface area contributed by atoms with Gasteiger partial charge in [-0.15, -0.1) is 0 Å². The van der Waals surface area contributed by atoms with Crippen LogP contribution in [0.25, 0.3) is 0 Å². The van der Waals surface area contributed by atoms with Gasteiger partial charge in [0, 0.05) is 24.0 Å². The quantitative estimate of drug-likeness (QED) is 0.761. The first-order chi connectivity index (χ1) is 11.4. The zero-order valence-corrected chi connectivity index (χ0v) is 15.6. The zero-order chi connectivity index (χ0) is 17.4. The van der Waals surface area contributed by atoms with Gasteiger partial charge in [-0.05, 0) is 63.6 Å². The summed E-state index contributed by atoms with van der Waals surface area (Å²) in [6.07, 6.45) is 2.11. The van der Waals surface area contributed by atoms with Crippen molar-refractivity contribution in [2.75, 3.05) is 30.0 Å². The molecule has 1 atom stereocenters. The molecule has 1 aliphatic heterocycles. The highest BCUT2D eigenvalue weighted by Gasteiger charge is 2.16. The maximum atomic E-state index is 11.7. The number of carbonyl (C=O) groups is 1. The van der Waals surface area contributed by atoms with E-state index in [9.17, 15) is 4.79 Å². The molecular weight excluding hydrogens is 324 g/mol. The Morgan fingerprint density at radius 1 is 1.29 bits per heavy atom. The number of hydrogen-bond donors (Lipinski definition) is 2. The van der Waals surface area contributed by atoms with Crippen molar-refractivity contribution in [1.82, 2.24) is 5.32 Å². The minimum Gasteiger partial charge on any atom is -0.492 e. The molecule has 2 N–H and O–H groups in total. The minimum absolute atomic E-state index is 0.453. The molecule has 0 aliphatic carbocycles. The molecule has 1 aromatic carbocycles. The molecule has 1 aromatic rings. The molecule has 0 spiro atoms. The van der Waals surface area contributed by atoms with Crippen molar-refractivity contribution < 1.29 is 14.3 Å². The molecule has 1 unspecified atom stereocenters. The van der Waals surface area contributed by atoms with Gasteiger partial charge in [-0.25, -0.2) is 4.79 Å². The number of amides is 1. The van der Waals surface area contributed by atoms with E-state index in [0.29, 0.717) is 18.3 Å². The van der Waals surface area contributed by atoms with Crippen LogP contribution in [0.15, 0.2) is 24.3 Å². The number of rotatable bonds is 6. The van der Waals surface area contributed by atoms with E-state index in [1.807, 2.05) is 56.8 Å². The molecule has 5 nitrogen and oxygen atoms in total. The SMILES string of the molecule is CC(C)(C)OC(=O)Nc1ccc(OCCNC2CCCSC2)cc1. The first kappa shape index (κ1) is 18.9. The summed E-state index contributed by atoms with van der Waals surface area (Å²) in [4.78, 5) is 11.7. The van der Waals surface area contributed by atoms with E-state index in [2.05, 4.69) is 10.6 Å². The van der Waals surface area contributed by atoms with Crippen molar-refractivity contribution in [1.29, 1.82) is 0 Å². The molecule has 134 valence electrons. The van der Waals surface area contributed by atoms with Crippen LogP contribution in [0.1, 0.15) is 33.6 Å². The van der Waals surface area contributed by atoms with Crippen molar-refractivity contribution in [2.45, 2.75) is 45.3 Å². The smallest absolute Gasteiger partial charge is 0.412 e. The fraction of sp³-hybridized carbons (Fsp3) is 0.611. The molecule has 0 saturated carbocycles. The fourth-order valence-electron chi connectivity index (χ4n) is 2.39. The maximum absolute atomic E-state index is 11.7. The average molecular weight is 353 g/mol. The number of ether oxygens (including phenoxy) is 2. The molecule has 0 radical (unpaired) electrons. The summed E-state index contributed by atoms with van der Waals surface area (Å²) in [7, 11) is 0. The lowest BCUT2D eigenvalue weighted by molar-refractivity contribution is 0.0636. The highest BCUT2D eigenvalue weighted by Crippen LogP contribution is 2.18. The highest BCUT2D eigenvalue weighted by molar-refractivity contribution is 7.99. The molecule has 0 aromatic heterocycles. The third-order valence-electron chi connectivity index (χ3n) is 3.46. The Labute approximate surface area is 148 Å². The Bertz CT molecular complexity index is 508. The minimum atomic E-state index is -0.503. The number of hydrogen-bond acceptors (Lipinski definition) is 5. The summed E-state index contributed by atoms with van der Waals surface area (Å²) >= 11 is 2.02. The largest absolute Gasteiger partial charge is 0.492 e. The average Bonchev–Trinajstić information content (AvgIpc) is 2.52. The van der Waals surface area contributed by atoms with E-state index < -0.39 is 11.7 Å². The van der Waals surface area contributed by atoms with E-state index in [0.717, 1.165) is 12.3 Å². The van der Waals surface area contributed by atoms with Gasteiger partial charge in [0.15, 0.2) is 0 Å². The maximum Gasteiger partial charge on any atom is 0.412 e. The molecule has 1 fully saturated rings. The highest BCUT2D eigenvalue weighted by atomic mass is 32.2. The molecule has 0 bridgehead atoms. The lowest BCUT2D eigenvalue weighted by Gasteiger charge is -2.22. The second-order valence-electron chi connectivity index (χ2n) is 6.87. The van der Waals surface area contributed by atoms with Gasteiger partial charge >= 0.3 is 6.09 Å². The van der Waals surface area contributed by atoms with Gasteiger partial charge in [-0.2, -0.15) is 11.8 Å². The Morgan fingerprint density at radius 2 is 2.04 bits per heavy atom. The Balaban J connectivity index is 1.67. The van der Waals surface area contributed by atoms with Gasteiger partial charge in [0.1, 0.15) is 18.0 Å². The van der Waals surface area contributed by atoms with Crippen molar-refractivity contribution in [2.24, 2.45) is 0 Å². The Kier molecular flexibility index (Phi) is 7.24. The zero-order valence-electron chi connectivity index (χ0n) is 14.8. The monoisotopic (exact) mass is 352 g/mol. The molecular formula is C18H28N2O3S. The molecule has 1 saturated heterocycles. The number of benzene rings is 1. The van der Waals surface area contributed by atoms with Crippen LogP contribution in [0.4, 0.5) is 10.5 Å². The third kappa shape index (κ3) is 7.45. The Hall–Kier alpha value is -1.40. The number of nitrogens with one attached hydrogen (secondary N) is 2. The summed E-state index contributed by atoms with van der Waals surface area (Å²) in [5.41, 5.74) is 0.186. The van der Waals surface area contributed by atoms with Gasteiger partial charge in [0.25, 0.3) is 0 Å². The van der Waals surface area contributed by atoms with Gasteiger partial charge in [0.05, 0.1) is 0 Å². The number of carbonyl (C=O) groups excluding carboxylic acids is 1.